The molecule has 0 N–H and O–H groups in total. The Labute approximate surface area is 144 Å². The standard InChI is InChI=1S/C20H17NO2S/c1-2-14-7-8-18-17(10-20(22)23-19(18)9-14)13-24-12-16-5-3-15(11-21)4-6-16/h3-10H,2,12-13H2,1H3. The lowest BCUT2D eigenvalue weighted by molar-refractivity contribution is 0.559. The number of hydrogen-bond donors (Lipinski definition) is 0. The van der Waals surface area contributed by atoms with Crippen LogP contribution in [-0.4, -0.2) is 0 Å². The van der Waals surface area contributed by atoms with Crippen LogP contribution in [0, 0.1) is 11.3 Å². The van der Waals surface area contributed by atoms with Crippen molar-refractivity contribution in [1.82, 2.24) is 0 Å². The predicted octanol–water partition coefficient (Wildman–Crippen LogP) is 4.66. The van der Waals surface area contributed by atoms with Crippen molar-refractivity contribution in [2.45, 2.75) is 24.9 Å². The monoisotopic (exact) mass is 335 g/mol. The van der Waals surface area contributed by atoms with Gasteiger partial charge < -0.3 is 4.42 Å². The number of hydrogen-bond acceptors (Lipinski definition) is 4. The zero-order valence-electron chi connectivity index (χ0n) is 13.4. The van der Waals surface area contributed by atoms with Crippen LogP contribution in [0.2, 0.25) is 0 Å². The molecule has 0 aliphatic heterocycles. The lowest BCUT2D eigenvalue weighted by atomic mass is 10.1. The summed E-state index contributed by atoms with van der Waals surface area (Å²) in [6.07, 6.45) is 0.914. The van der Waals surface area contributed by atoms with Gasteiger partial charge in [0.1, 0.15) is 5.58 Å². The van der Waals surface area contributed by atoms with Crippen LogP contribution in [-0.2, 0) is 17.9 Å². The topological polar surface area (TPSA) is 54.0 Å². The van der Waals surface area contributed by atoms with Gasteiger partial charge in [0.15, 0.2) is 0 Å². The Balaban J connectivity index is 1.77. The second-order valence-electron chi connectivity index (χ2n) is 5.58. The third-order valence-electron chi connectivity index (χ3n) is 3.91. The SMILES string of the molecule is CCc1ccc2c(CSCc3ccc(C#N)cc3)cc(=O)oc2c1. The van der Waals surface area contributed by atoms with Crippen LogP contribution >= 0.6 is 11.8 Å². The molecule has 0 radical (unpaired) electrons. The normalized spacial score (nSPS) is 10.7. The van der Waals surface area contributed by atoms with Gasteiger partial charge in [-0.25, -0.2) is 4.79 Å². The van der Waals surface area contributed by atoms with Gasteiger partial charge in [-0.2, -0.15) is 17.0 Å². The second kappa shape index (κ2) is 7.37. The van der Waals surface area contributed by atoms with E-state index in [4.69, 9.17) is 9.68 Å². The maximum Gasteiger partial charge on any atom is 0.336 e. The summed E-state index contributed by atoms with van der Waals surface area (Å²) >= 11 is 1.74. The summed E-state index contributed by atoms with van der Waals surface area (Å²) in [6, 6.07) is 17.4. The van der Waals surface area contributed by atoms with Gasteiger partial charge in [-0.1, -0.05) is 31.2 Å². The van der Waals surface area contributed by atoms with Gasteiger partial charge >= 0.3 is 5.63 Å². The van der Waals surface area contributed by atoms with Crippen LogP contribution in [0.4, 0.5) is 0 Å². The van der Waals surface area contributed by atoms with Gasteiger partial charge in [0.05, 0.1) is 11.6 Å². The summed E-state index contributed by atoms with van der Waals surface area (Å²) in [7, 11) is 0. The summed E-state index contributed by atoms with van der Waals surface area (Å²) in [5, 5.41) is 9.82. The van der Waals surface area contributed by atoms with Crippen molar-refractivity contribution in [2.24, 2.45) is 0 Å². The highest BCUT2D eigenvalue weighted by Crippen LogP contribution is 2.24. The predicted molar refractivity (Wildman–Crippen MR) is 98.0 cm³/mol. The molecule has 0 bridgehead atoms. The summed E-state index contributed by atoms with van der Waals surface area (Å²) in [6.45, 7) is 2.08. The number of aryl methyl sites for hydroxylation is 1. The third-order valence-corrected chi connectivity index (χ3v) is 4.96. The molecule has 0 fully saturated rings. The molecule has 0 aliphatic rings. The maximum absolute atomic E-state index is 11.8. The molecule has 0 spiro atoms. The minimum absolute atomic E-state index is 0.301. The number of nitriles is 1. The lowest BCUT2D eigenvalue weighted by Crippen LogP contribution is -2.00. The zero-order valence-corrected chi connectivity index (χ0v) is 14.2. The Morgan fingerprint density at radius 2 is 1.79 bits per heavy atom. The highest BCUT2D eigenvalue weighted by atomic mass is 32.2. The number of benzene rings is 2. The van der Waals surface area contributed by atoms with E-state index in [9.17, 15) is 4.79 Å². The molecule has 1 aromatic heterocycles. The van der Waals surface area contributed by atoms with Crippen molar-refractivity contribution in [3.63, 3.8) is 0 Å². The molecule has 4 heteroatoms. The van der Waals surface area contributed by atoms with Gasteiger partial charge in [-0.05, 0) is 41.3 Å². The minimum atomic E-state index is -0.301. The van der Waals surface area contributed by atoms with Gasteiger partial charge in [-0.15, -0.1) is 0 Å². The van der Waals surface area contributed by atoms with Crippen LogP contribution in [0.5, 0.6) is 0 Å². The minimum Gasteiger partial charge on any atom is -0.423 e. The summed E-state index contributed by atoms with van der Waals surface area (Å²) in [4.78, 5) is 11.8. The second-order valence-corrected chi connectivity index (χ2v) is 6.56. The number of nitrogens with zero attached hydrogens (tertiary/aromatic N) is 1. The van der Waals surface area contributed by atoms with E-state index in [1.54, 1.807) is 17.8 Å². The number of fused-ring (bicyclic) bond motifs is 1. The van der Waals surface area contributed by atoms with E-state index in [-0.39, 0.29) is 5.63 Å². The zero-order chi connectivity index (χ0) is 16.9. The van der Waals surface area contributed by atoms with E-state index in [1.165, 1.54) is 5.56 Å². The quantitative estimate of drug-likeness (QED) is 0.636. The molecule has 0 amide bonds. The van der Waals surface area contributed by atoms with E-state index in [0.29, 0.717) is 11.1 Å². The van der Waals surface area contributed by atoms with Crippen molar-refractivity contribution in [2.75, 3.05) is 0 Å². The smallest absolute Gasteiger partial charge is 0.336 e. The molecule has 0 unspecified atom stereocenters. The Morgan fingerprint density at radius 3 is 2.50 bits per heavy atom. The average Bonchev–Trinajstić information content (AvgIpc) is 2.61. The molecule has 0 saturated heterocycles. The van der Waals surface area contributed by atoms with Crippen LogP contribution in [0.1, 0.15) is 29.2 Å². The first-order valence-electron chi connectivity index (χ1n) is 7.82. The molecule has 0 saturated carbocycles. The van der Waals surface area contributed by atoms with Gasteiger partial charge in [0.25, 0.3) is 0 Å². The first-order chi connectivity index (χ1) is 11.7. The van der Waals surface area contributed by atoms with Crippen LogP contribution in [0.25, 0.3) is 11.0 Å². The molecule has 0 atom stereocenters. The maximum atomic E-state index is 11.8. The van der Waals surface area contributed by atoms with E-state index in [1.807, 2.05) is 36.4 Å². The Kier molecular flexibility index (Phi) is 5.02. The fourth-order valence-corrected chi connectivity index (χ4v) is 3.56. The highest BCUT2D eigenvalue weighted by Gasteiger charge is 2.07. The van der Waals surface area contributed by atoms with Crippen LogP contribution < -0.4 is 5.63 Å². The summed E-state index contributed by atoms with van der Waals surface area (Å²) in [5.41, 5.74) is 4.36. The Bertz CT molecular complexity index is 952. The van der Waals surface area contributed by atoms with Crippen molar-refractivity contribution in [3.05, 3.63) is 81.2 Å². The Hall–Kier alpha value is -2.51. The molecular formula is C20H17NO2S. The van der Waals surface area contributed by atoms with Crippen molar-refractivity contribution in [1.29, 1.82) is 5.26 Å². The molecule has 24 heavy (non-hydrogen) atoms. The van der Waals surface area contributed by atoms with Gasteiger partial charge in [-0.3, -0.25) is 0 Å². The van der Waals surface area contributed by atoms with E-state index < -0.39 is 0 Å². The van der Waals surface area contributed by atoms with E-state index in [0.717, 1.165) is 34.4 Å². The van der Waals surface area contributed by atoms with Crippen LogP contribution in [0.15, 0.2) is 57.7 Å². The molecular weight excluding hydrogens is 318 g/mol. The fraction of sp³-hybridized carbons (Fsp3) is 0.200. The highest BCUT2D eigenvalue weighted by molar-refractivity contribution is 7.97. The molecule has 3 nitrogen and oxygen atoms in total. The first kappa shape index (κ1) is 16.4. The van der Waals surface area contributed by atoms with Gasteiger partial charge in [0, 0.05) is 23.0 Å². The number of rotatable bonds is 5. The average molecular weight is 335 g/mol. The first-order valence-corrected chi connectivity index (χ1v) is 8.97. The molecule has 2 aromatic carbocycles. The largest absolute Gasteiger partial charge is 0.423 e. The van der Waals surface area contributed by atoms with Crippen molar-refractivity contribution in [3.8, 4) is 6.07 Å². The molecule has 3 rings (SSSR count). The third kappa shape index (κ3) is 3.69. The molecule has 1 heterocycles. The lowest BCUT2D eigenvalue weighted by Gasteiger charge is -2.07. The summed E-state index contributed by atoms with van der Waals surface area (Å²) < 4.78 is 5.34. The molecule has 0 aliphatic carbocycles. The van der Waals surface area contributed by atoms with Crippen LogP contribution in [0.3, 0.4) is 0 Å². The van der Waals surface area contributed by atoms with E-state index in [2.05, 4.69) is 19.1 Å². The number of thioether (sulfide) groups is 1. The van der Waals surface area contributed by atoms with E-state index >= 15 is 0 Å². The Morgan fingerprint density at radius 1 is 1.04 bits per heavy atom. The molecule has 3 aromatic rings. The fourth-order valence-electron chi connectivity index (χ4n) is 2.57. The summed E-state index contributed by atoms with van der Waals surface area (Å²) in [5.74, 6) is 1.58. The van der Waals surface area contributed by atoms with Crippen molar-refractivity contribution >= 4 is 22.7 Å². The molecule has 120 valence electrons. The van der Waals surface area contributed by atoms with Crippen molar-refractivity contribution < 1.29 is 4.42 Å². The van der Waals surface area contributed by atoms with Gasteiger partial charge in [0.2, 0.25) is 0 Å².